The lowest BCUT2D eigenvalue weighted by Gasteiger charge is -2.37. The van der Waals surface area contributed by atoms with E-state index >= 15 is 0 Å². The Kier molecular flexibility index (Phi) is 7.63. The summed E-state index contributed by atoms with van der Waals surface area (Å²) in [6.45, 7) is 16.7. The molecule has 0 N–H and O–H groups in total. The number of rotatable bonds is 2. The Labute approximate surface area is 200 Å². The molecule has 0 fully saturated rings. The molecule has 3 aliphatic heterocycles. The van der Waals surface area contributed by atoms with Crippen LogP contribution >= 0.6 is 0 Å². The van der Waals surface area contributed by atoms with Gasteiger partial charge >= 0.3 is 0 Å². The summed E-state index contributed by atoms with van der Waals surface area (Å²) < 4.78 is 0. The minimum atomic E-state index is 0.00841. The highest BCUT2D eigenvalue weighted by Crippen LogP contribution is 2.57. The summed E-state index contributed by atoms with van der Waals surface area (Å²) in [6.07, 6.45) is 1.23. The van der Waals surface area contributed by atoms with Crippen LogP contribution in [-0.4, -0.2) is 12.0 Å². The Morgan fingerprint density at radius 1 is 0.727 bits per heavy atom. The smallest absolute Gasteiger partial charge is 0.163 e. The van der Waals surface area contributed by atoms with Crippen LogP contribution in [0.1, 0.15) is 72.9 Å². The number of anilines is 2. The molecule has 0 aromatic heterocycles. The van der Waals surface area contributed by atoms with E-state index in [1.165, 1.54) is 27.9 Å². The molecule has 3 aromatic rings. The Bertz CT molecular complexity index is 1100. The first-order valence-electron chi connectivity index (χ1n) is 12.7. The molecule has 174 valence electrons. The van der Waals surface area contributed by atoms with E-state index in [2.05, 4.69) is 96.6 Å². The monoisotopic (exact) mass is 441 g/mol. The van der Waals surface area contributed by atoms with Crippen LogP contribution in [0.2, 0.25) is 0 Å². The lowest BCUT2D eigenvalue weighted by Crippen LogP contribution is -2.50. The average Bonchev–Trinajstić information content (AvgIpc) is 3.44. The van der Waals surface area contributed by atoms with Gasteiger partial charge in [-0.3, -0.25) is 4.90 Å². The van der Waals surface area contributed by atoms with E-state index in [9.17, 15) is 0 Å². The number of para-hydroxylation sites is 2. The molecule has 0 amide bonds. The van der Waals surface area contributed by atoms with Crippen molar-refractivity contribution in [3.63, 3.8) is 0 Å². The van der Waals surface area contributed by atoms with Crippen LogP contribution in [0.3, 0.4) is 0 Å². The van der Waals surface area contributed by atoms with Gasteiger partial charge in [-0.05, 0) is 29.7 Å². The molecule has 2 unspecified atom stereocenters. The average molecular weight is 442 g/mol. The minimum Gasteiger partial charge on any atom is -0.300 e. The first kappa shape index (κ1) is 24.6. The number of hydrazone groups is 1. The fraction of sp³-hybridized carbons (Fsp3) is 0.367. The molecule has 3 aromatic carbocycles. The third kappa shape index (κ3) is 3.55. The Balaban J connectivity index is 0.000000475. The van der Waals surface area contributed by atoms with Gasteiger partial charge in [0.05, 0.1) is 11.4 Å². The molecule has 0 saturated heterocycles. The molecule has 3 nitrogen and oxygen atoms in total. The Hall–Kier alpha value is -3.07. The van der Waals surface area contributed by atoms with Gasteiger partial charge in [-0.15, -0.1) is 0 Å². The molecule has 3 heteroatoms. The van der Waals surface area contributed by atoms with Crippen LogP contribution in [0.4, 0.5) is 11.4 Å². The standard InChI is InChI=1S/C24H21N3.3C2H6/c1-3-24(2)20-15-9-14-18-17-12-7-8-13-19(17)22-25-27(16-10-5-4-6-11-16)23(24)26(22)21(18)20;3*1-2/h4-15,23H,3H2,1-2H3;3*1-2H3. The molecule has 3 aliphatic rings. The molecule has 0 aliphatic carbocycles. The topological polar surface area (TPSA) is 18.8 Å². The summed E-state index contributed by atoms with van der Waals surface area (Å²) in [4.78, 5) is 2.49. The Morgan fingerprint density at radius 2 is 1.30 bits per heavy atom. The maximum absolute atomic E-state index is 5.17. The zero-order chi connectivity index (χ0) is 24.2. The van der Waals surface area contributed by atoms with Crippen LogP contribution in [0.5, 0.6) is 0 Å². The van der Waals surface area contributed by atoms with Crippen molar-refractivity contribution < 1.29 is 0 Å². The van der Waals surface area contributed by atoms with E-state index in [4.69, 9.17) is 5.10 Å². The van der Waals surface area contributed by atoms with E-state index in [0.29, 0.717) is 0 Å². The molecule has 0 spiro atoms. The van der Waals surface area contributed by atoms with E-state index in [1.807, 2.05) is 41.5 Å². The van der Waals surface area contributed by atoms with Gasteiger partial charge in [0.15, 0.2) is 5.84 Å². The zero-order valence-electron chi connectivity index (χ0n) is 21.6. The molecule has 2 atom stereocenters. The van der Waals surface area contributed by atoms with Crippen LogP contribution in [0, 0.1) is 0 Å². The first-order chi connectivity index (χ1) is 16.2. The molecule has 0 bridgehead atoms. The van der Waals surface area contributed by atoms with Gasteiger partial charge in [-0.25, -0.2) is 5.01 Å². The SMILES string of the molecule is CC.CC.CC.CCC1(C)c2cccc3c2N2C(=NN(c4ccccc4)C21)c1ccccc1-3. The largest absolute Gasteiger partial charge is 0.300 e. The summed E-state index contributed by atoms with van der Waals surface area (Å²) in [5, 5.41) is 7.41. The summed E-state index contributed by atoms with van der Waals surface area (Å²) in [7, 11) is 0. The van der Waals surface area contributed by atoms with Gasteiger partial charge in [0.25, 0.3) is 0 Å². The summed E-state index contributed by atoms with van der Waals surface area (Å²) in [5.41, 5.74) is 7.80. The van der Waals surface area contributed by atoms with Gasteiger partial charge < -0.3 is 0 Å². The van der Waals surface area contributed by atoms with Crippen molar-refractivity contribution in [1.82, 2.24) is 0 Å². The van der Waals surface area contributed by atoms with Crippen molar-refractivity contribution in [3.8, 4) is 11.1 Å². The van der Waals surface area contributed by atoms with Gasteiger partial charge in [0.1, 0.15) is 6.17 Å². The van der Waals surface area contributed by atoms with Crippen molar-refractivity contribution in [2.45, 2.75) is 73.4 Å². The van der Waals surface area contributed by atoms with Gasteiger partial charge in [-0.1, -0.05) is 116 Å². The number of benzene rings is 3. The van der Waals surface area contributed by atoms with Crippen molar-refractivity contribution in [2.24, 2.45) is 5.10 Å². The predicted octanol–water partition coefficient (Wildman–Crippen LogP) is 8.44. The van der Waals surface area contributed by atoms with E-state index in [1.54, 1.807) is 0 Å². The van der Waals surface area contributed by atoms with E-state index in [-0.39, 0.29) is 11.6 Å². The zero-order valence-corrected chi connectivity index (χ0v) is 21.6. The molecular weight excluding hydrogens is 402 g/mol. The fourth-order valence-electron chi connectivity index (χ4n) is 5.08. The van der Waals surface area contributed by atoms with Gasteiger partial charge in [0, 0.05) is 16.5 Å². The van der Waals surface area contributed by atoms with Crippen molar-refractivity contribution in [3.05, 3.63) is 83.9 Å². The Morgan fingerprint density at radius 3 is 1.94 bits per heavy atom. The normalized spacial score (nSPS) is 20.1. The number of hydrogen-bond acceptors (Lipinski definition) is 3. The van der Waals surface area contributed by atoms with E-state index < -0.39 is 0 Å². The number of fused-ring (bicyclic) bond motifs is 3. The molecular formula is C30H39N3. The minimum absolute atomic E-state index is 0.00841. The summed E-state index contributed by atoms with van der Waals surface area (Å²) >= 11 is 0. The van der Waals surface area contributed by atoms with Crippen LogP contribution in [0.25, 0.3) is 11.1 Å². The highest BCUT2D eigenvalue weighted by Gasteiger charge is 2.57. The molecule has 0 saturated carbocycles. The first-order valence-corrected chi connectivity index (χ1v) is 12.7. The highest BCUT2D eigenvalue weighted by atomic mass is 15.6. The number of nitrogens with zero attached hydrogens (tertiary/aromatic N) is 3. The lowest BCUT2D eigenvalue weighted by molar-refractivity contribution is 0.386. The second kappa shape index (κ2) is 10.2. The molecule has 33 heavy (non-hydrogen) atoms. The van der Waals surface area contributed by atoms with Gasteiger partial charge in [0.2, 0.25) is 0 Å². The number of amidine groups is 1. The maximum atomic E-state index is 5.17. The van der Waals surface area contributed by atoms with Crippen molar-refractivity contribution >= 4 is 17.2 Å². The molecule has 3 heterocycles. The highest BCUT2D eigenvalue weighted by molar-refractivity contribution is 6.22. The molecule has 6 rings (SSSR count). The van der Waals surface area contributed by atoms with Crippen LogP contribution < -0.4 is 9.91 Å². The van der Waals surface area contributed by atoms with E-state index in [0.717, 1.165) is 17.9 Å². The quantitative estimate of drug-likeness (QED) is 0.397. The number of hydrogen-bond donors (Lipinski definition) is 0. The predicted molar refractivity (Wildman–Crippen MR) is 145 cm³/mol. The third-order valence-corrected chi connectivity index (χ3v) is 6.58. The fourth-order valence-corrected chi connectivity index (χ4v) is 5.08. The van der Waals surface area contributed by atoms with Crippen molar-refractivity contribution in [2.75, 3.05) is 9.91 Å². The second-order valence-electron chi connectivity index (χ2n) is 7.87. The summed E-state index contributed by atoms with van der Waals surface area (Å²) in [6, 6.07) is 26.1. The lowest BCUT2D eigenvalue weighted by atomic mass is 9.78. The molecule has 0 radical (unpaired) electrons. The third-order valence-electron chi connectivity index (χ3n) is 6.58. The maximum Gasteiger partial charge on any atom is 0.163 e. The van der Waals surface area contributed by atoms with Crippen LogP contribution in [0.15, 0.2) is 77.9 Å². The summed E-state index contributed by atoms with van der Waals surface area (Å²) in [5.74, 6) is 1.08. The van der Waals surface area contributed by atoms with Crippen LogP contribution in [-0.2, 0) is 5.41 Å². The second-order valence-corrected chi connectivity index (χ2v) is 7.87. The van der Waals surface area contributed by atoms with Gasteiger partial charge in [-0.2, -0.15) is 5.10 Å². The van der Waals surface area contributed by atoms with Crippen molar-refractivity contribution in [1.29, 1.82) is 0 Å².